The molecule has 2 aromatic heterocycles. The SMILES string of the molecule is Cn1cc2cc3c(-c4ccccc4)nnc(-c4ccccc4)c3cc2c1. The molecule has 26 heavy (non-hydrogen) atoms. The lowest BCUT2D eigenvalue weighted by molar-refractivity contribution is 0.934. The number of rotatable bonds is 2. The summed E-state index contributed by atoms with van der Waals surface area (Å²) in [6, 6.07) is 25.0. The van der Waals surface area contributed by atoms with E-state index in [0.717, 1.165) is 33.3 Å². The van der Waals surface area contributed by atoms with Gasteiger partial charge in [-0.2, -0.15) is 0 Å². The van der Waals surface area contributed by atoms with E-state index in [2.05, 4.69) is 70.6 Å². The van der Waals surface area contributed by atoms with Crippen LogP contribution in [-0.4, -0.2) is 14.8 Å². The Labute approximate surface area is 151 Å². The van der Waals surface area contributed by atoms with Crippen LogP contribution in [0.3, 0.4) is 0 Å². The van der Waals surface area contributed by atoms with E-state index in [1.807, 2.05) is 36.4 Å². The molecular weight excluding hydrogens is 318 g/mol. The van der Waals surface area contributed by atoms with E-state index in [1.165, 1.54) is 10.8 Å². The average Bonchev–Trinajstić information content (AvgIpc) is 3.05. The highest BCUT2D eigenvalue weighted by molar-refractivity contribution is 6.08. The third kappa shape index (κ3) is 2.37. The molecule has 0 fully saturated rings. The average molecular weight is 335 g/mol. The molecule has 0 bridgehead atoms. The highest BCUT2D eigenvalue weighted by atomic mass is 15.1. The molecule has 2 heterocycles. The van der Waals surface area contributed by atoms with E-state index in [9.17, 15) is 0 Å². The molecule has 0 amide bonds. The molecule has 0 atom stereocenters. The van der Waals surface area contributed by atoms with Crippen LogP contribution < -0.4 is 0 Å². The van der Waals surface area contributed by atoms with Crippen LogP contribution in [0, 0.1) is 0 Å². The highest BCUT2D eigenvalue weighted by Gasteiger charge is 2.14. The van der Waals surface area contributed by atoms with Gasteiger partial charge >= 0.3 is 0 Å². The quantitative estimate of drug-likeness (QED) is 0.429. The fourth-order valence-electron chi connectivity index (χ4n) is 3.55. The second-order valence-electron chi connectivity index (χ2n) is 6.58. The van der Waals surface area contributed by atoms with Crippen molar-refractivity contribution in [2.75, 3.05) is 0 Å². The van der Waals surface area contributed by atoms with E-state index in [-0.39, 0.29) is 0 Å². The first kappa shape index (κ1) is 14.8. The summed E-state index contributed by atoms with van der Waals surface area (Å²) in [7, 11) is 2.05. The van der Waals surface area contributed by atoms with Crippen molar-refractivity contribution >= 4 is 21.5 Å². The fourth-order valence-corrected chi connectivity index (χ4v) is 3.55. The molecule has 0 saturated carbocycles. The molecule has 3 nitrogen and oxygen atoms in total. The number of aryl methyl sites for hydroxylation is 1. The third-order valence-electron chi connectivity index (χ3n) is 4.76. The van der Waals surface area contributed by atoms with Crippen molar-refractivity contribution in [1.29, 1.82) is 0 Å². The predicted molar refractivity (Wildman–Crippen MR) is 107 cm³/mol. The number of hydrogen-bond acceptors (Lipinski definition) is 2. The van der Waals surface area contributed by atoms with Gasteiger partial charge in [0.15, 0.2) is 0 Å². The number of fused-ring (bicyclic) bond motifs is 2. The Balaban J connectivity index is 1.89. The topological polar surface area (TPSA) is 30.7 Å². The first-order valence-corrected chi connectivity index (χ1v) is 8.66. The van der Waals surface area contributed by atoms with Gasteiger partial charge in [-0.05, 0) is 12.1 Å². The van der Waals surface area contributed by atoms with E-state index in [4.69, 9.17) is 0 Å². The maximum atomic E-state index is 4.61. The Kier molecular flexibility index (Phi) is 3.32. The molecule has 0 spiro atoms. The molecule has 0 aliphatic rings. The molecule has 5 aromatic rings. The molecule has 0 unspecified atom stereocenters. The molecule has 3 heteroatoms. The molecule has 0 saturated heterocycles. The van der Waals surface area contributed by atoms with Gasteiger partial charge in [0.1, 0.15) is 11.4 Å². The zero-order valence-electron chi connectivity index (χ0n) is 14.4. The lowest BCUT2D eigenvalue weighted by atomic mass is 9.98. The Morgan fingerprint density at radius 3 is 1.46 bits per heavy atom. The number of hydrogen-bond donors (Lipinski definition) is 0. The molecule has 124 valence electrons. The first-order chi connectivity index (χ1) is 12.8. The van der Waals surface area contributed by atoms with E-state index < -0.39 is 0 Å². The lowest BCUT2D eigenvalue weighted by Gasteiger charge is -2.10. The van der Waals surface area contributed by atoms with Crippen molar-refractivity contribution in [3.8, 4) is 22.5 Å². The van der Waals surface area contributed by atoms with Gasteiger partial charge in [0.2, 0.25) is 0 Å². The van der Waals surface area contributed by atoms with Crippen LogP contribution in [0.15, 0.2) is 85.2 Å². The van der Waals surface area contributed by atoms with Crippen molar-refractivity contribution < 1.29 is 0 Å². The van der Waals surface area contributed by atoms with Crippen molar-refractivity contribution in [3.63, 3.8) is 0 Å². The Bertz CT molecular complexity index is 1130. The maximum absolute atomic E-state index is 4.61. The molecule has 3 aromatic carbocycles. The van der Waals surface area contributed by atoms with Crippen molar-refractivity contribution in [3.05, 3.63) is 85.2 Å². The summed E-state index contributed by atoms with van der Waals surface area (Å²) in [5, 5.41) is 13.9. The van der Waals surface area contributed by atoms with Crippen LogP contribution in [0.5, 0.6) is 0 Å². The molecule has 0 N–H and O–H groups in total. The largest absolute Gasteiger partial charge is 0.356 e. The summed E-state index contributed by atoms with van der Waals surface area (Å²) >= 11 is 0. The Morgan fingerprint density at radius 2 is 1.04 bits per heavy atom. The minimum atomic E-state index is 0.922. The molecule has 0 aliphatic heterocycles. The second-order valence-corrected chi connectivity index (χ2v) is 6.58. The third-order valence-corrected chi connectivity index (χ3v) is 4.76. The summed E-state index contributed by atoms with van der Waals surface area (Å²) in [4.78, 5) is 0. The number of nitrogens with zero attached hydrogens (tertiary/aromatic N) is 3. The van der Waals surface area contributed by atoms with E-state index in [1.54, 1.807) is 0 Å². The smallest absolute Gasteiger partial charge is 0.101 e. The normalized spacial score (nSPS) is 11.3. The van der Waals surface area contributed by atoms with Crippen molar-refractivity contribution in [2.45, 2.75) is 0 Å². The molecule has 0 radical (unpaired) electrons. The summed E-state index contributed by atoms with van der Waals surface area (Å²) in [6.45, 7) is 0. The van der Waals surface area contributed by atoms with Gasteiger partial charge in [-0.3, -0.25) is 0 Å². The van der Waals surface area contributed by atoms with Gasteiger partial charge in [-0.25, -0.2) is 0 Å². The summed E-state index contributed by atoms with van der Waals surface area (Å²) < 4.78 is 2.09. The van der Waals surface area contributed by atoms with Crippen LogP contribution in [-0.2, 0) is 7.05 Å². The Morgan fingerprint density at radius 1 is 0.615 bits per heavy atom. The molecular formula is C23H17N3. The fraction of sp³-hybridized carbons (Fsp3) is 0.0435. The Hall–Kier alpha value is -3.46. The van der Waals surface area contributed by atoms with E-state index in [0.29, 0.717) is 0 Å². The predicted octanol–water partition coefficient (Wildman–Crippen LogP) is 5.46. The van der Waals surface area contributed by atoms with Gasteiger partial charge < -0.3 is 4.57 Å². The second kappa shape index (κ2) is 5.81. The standard InChI is InChI=1S/C23H17N3/c1-26-14-18-12-20-21(13-19(18)15-26)23(17-10-6-3-7-11-17)25-24-22(20)16-8-4-2-5-9-16/h2-15H,1H3. The van der Waals surface area contributed by atoms with Crippen LogP contribution in [0.1, 0.15) is 0 Å². The van der Waals surface area contributed by atoms with E-state index >= 15 is 0 Å². The van der Waals surface area contributed by atoms with Gasteiger partial charge in [0.05, 0.1) is 0 Å². The van der Waals surface area contributed by atoms with Crippen LogP contribution >= 0.6 is 0 Å². The van der Waals surface area contributed by atoms with Crippen LogP contribution in [0.2, 0.25) is 0 Å². The van der Waals surface area contributed by atoms with Gasteiger partial charge in [0, 0.05) is 52.1 Å². The number of aromatic nitrogens is 3. The molecule has 5 rings (SSSR count). The zero-order chi connectivity index (χ0) is 17.5. The van der Waals surface area contributed by atoms with Gasteiger partial charge in [0.25, 0.3) is 0 Å². The lowest BCUT2D eigenvalue weighted by Crippen LogP contribution is -1.94. The minimum absolute atomic E-state index is 0.922. The van der Waals surface area contributed by atoms with Gasteiger partial charge in [-0.15, -0.1) is 10.2 Å². The summed E-state index contributed by atoms with van der Waals surface area (Å²) in [6.07, 6.45) is 4.29. The number of benzene rings is 3. The summed E-state index contributed by atoms with van der Waals surface area (Å²) in [5.41, 5.74) is 4.01. The van der Waals surface area contributed by atoms with Crippen LogP contribution in [0.25, 0.3) is 44.1 Å². The first-order valence-electron chi connectivity index (χ1n) is 8.66. The highest BCUT2D eigenvalue weighted by Crippen LogP contribution is 2.35. The summed E-state index contributed by atoms with van der Waals surface area (Å²) in [5.74, 6) is 0. The zero-order valence-corrected chi connectivity index (χ0v) is 14.4. The van der Waals surface area contributed by atoms with Crippen molar-refractivity contribution in [2.24, 2.45) is 7.05 Å². The minimum Gasteiger partial charge on any atom is -0.356 e. The van der Waals surface area contributed by atoms with Crippen LogP contribution in [0.4, 0.5) is 0 Å². The monoisotopic (exact) mass is 335 g/mol. The van der Waals surface area contributed by atoms with Crippen molar-refractivity contribution in [1.82, 2.24) is 14.8 Å². The maximum Gasteiger partial charge on any atom is 0.101 e. The molecule has 0 aliphatic carbocycles. The van der Waals surface area contributed by atoms with Gasteiger partial charge in [-0.1, -0.05) is 60.7 Å².